The van der Waals surface area contributed by atoms with Gasteiger partial charge in [0.05, 0.1) is 14.2 Å². The summed E-state index contributed by atoms with van der Waals surface area (Å²) in [7, 11) is 3.19. The highest BCUT2D eigenvalue weighted by Gasteiger charge is 2.11. The number of hydrogen-bond acceptors (Lipinski definition) is 6. The van der Waals surface area contributed by atoms with Gasteiger partial charge in [-0.05, 0) is 46.7 Å². The molecule has 0 radical (unpaired) electrons. The lowest BCUT2D eigenvalue weighted by Gasteiger charge is -2.11. The molecule has 0 atom stereocenters. The number of nitrogens with zero attached hydrogens (tertiary/aromatic N) is 4. The van der Waals surface area contributed by atoms with Gasteiger partial charge in [0.15, 0.2) is 0 Å². The Morgan fingerprint density at radius 3 is 2.65 bits per heavy atom. The van der Waals surface area contributed by atoms with Gasteiger partial charge in [-0.2, -0.15) is 4.68 Å². The smallest absolute Gasteiger partial charge is 0.224 e. The van der Waals surface area contributed by atoms with Gasteiger partial charge < -0.3 is 14.8 Å². The average Bonchev–Trinajstić information content (AvgIpc) is 3.21. The first-order valence-corrected chi connectivity index (χ1v) is 8.04. The molecule has 1 amide bonds. The molecule has 0 fully saturated rings. The summed E-state index contributed by atoms with van der Waals surface area (Å²) in [6, 6.07) is 13.0. The summed E-state index contributed by atoms with van der Waals surface area (Å²) in [5, 5.41) is 14.0. The van der Waals surface area contributed by atoms with Crippen LogP contribution in [-0.4, -0.2) is 40.3 Å². The zero-order valence-electron chi connectivity index (χ0n) is 14.5. The van der Waals surface area contributed by atoms with E-state index in [1.54, 1.807) is 32.4 Å². The highest BCUT2D eigenvalue weighted by atomic mass is 16.5. The molecule has 0 aliphatic heterocycles. The summed E-state index contributed by atoms with van der Waals surface area (Å²) in [6.45, 7) is 0. The lowest BCUT2D eigenvalue weighted by Crippen LogP contribution is -2.13. The molecular weight excluding hydrogens is 334 g/mol. The lowest BCUT2D eigenvalue weighted by atomic mass is 10.1. The van der Waals surface area contributed by atoms with Crippen LogP contribution in [0, 0.1) is 0 Å². The topological polar surface area (TPSA) is 91.2 Å². The molecule has 0 aliphatic carbocycles. The van der Waals surface area contributed by atoms with Gasteiger partial charge in [-0.1, -0.05) is 18.2 Å². The minimum Gasteiger partial charge on any atom is -0.496 e. The molecule has 8 nitrogen and oxygen atoms in total. The Labute approximate surface area is 150 Å². The molecule has 134 valence electrons. The molecule has 0 bridgehead atoms. The fraction of sp³-hybridized carbons (Fsp3) is 0.222. The quantitative estimate of drug-likeness (QED) is 0.700. The molecule has 2 aromatic carbocycles. The summed E-state index contributed by atoms with van der Waals surface area (Å²) in [4.78, 5) is 12.3. The van der Waals surface area contributed by atoms with Gasteiger partial charge >= 0.3 is 0 Å². The van der Waals surface area contributed by atoms with Gasteiger partial charge in [-0.25, -0.2) is 0 Å². The fourth-order valence-corrected chi connectivity index (χ4v) is 2.60. The predicted octanol–water partition coefficient (Wildman–Crippen LogP) is 2.25. The van der Waals surface area contributed by atoms with E-state index in [1.165, 1.54) is 11.0 Å². The van der Waals surface area contributed by atoms with Crippen molar-refractivity contribution >= 4 is 11.6 Å². The number of para-hydroxylation sites is 1. The van der Waals surface area contributed by atoms with Gasteiger partial charge in [0, 0.05) is 12.1 Å². The van der Waals surface area contributed by atoms with Crippen molar-refractivity contribution in [2.75, 3.05) is 19.5 Å². The second-order valence-corrected chi connectivity index (χ2v) is 5.50. The van der Waals surface area contributed by atoms with E-state index >= 15 is 0 Å². The molecule has 8 heteroatoms. The van der Waals surface area contributed by atoms with E-state index in [-0.39, 0.29) is 5.91 Å². The number of methoxy groups -OCH3 is 2. The number of rotatable bonds is 7. The Bertz CT molecular complexity index is 880. The molecule has 0 unspecified atom stereocenters. The normalized spacial score (nSPS) is 10.4. The summed E-state index contributed by atoms with van der Waals surface area (Å²) in [5.74, 6) is 1.29. The maximum atomic E-state index is 12.3. The SMILES string of the molecule is COc1ccccc1CCC(=O)Nc1ccc(OC)c(-n2cnnn2)c1. The van der Waals surface area contributed by atoms with E-state index in [4.69, 9.17) is 9.47 Å². The first-order chi connectivity index (χ1) is 12.7. The Morgan fingerprint density at radius 1 is 1.12 bits per heavy atom. The number of amides is 1. The summed E-state index contributed by atoms with van der Waals surface area (Å²) in [5.41, 5.74) is 2.27. The largest absolute Gasteiger partial charge is 0.496 e. The summed E-state index contributed by atoms with van der Waals surface area (Å²) < 4.78 is 12.1. The second-order valence-electron chi connectivity index (χ2n) is 5.50. The van der Waals surface area contributed by atoms with Crippen LogP contribution in [-0.2, 0) is 11.2 Å². The molecule has 3 rings (SSSR count). The minimum atomic E-state index is -0.0938. The van der Waals surface area contributed by atoms with Crippen LogP contribution in [0.2, 0.25) is 0 Å². The van der Waals surface area contributed by atoms with Crippen molar-refractivity contribution in [3.63, 3.8) is 0 Å². The van der Waals surface area contributed by atoms with Crippen molar-refractivity contribution in [1.29, 1.82) is 0 Å². The lowest BCUT2D eigenvalue weighted by molar-refractivity contribution is -0.116. The van der Waals surface area contributed by atoms with Crippen LogP contribution in [0.1, 0.15) is 12.0 Å². The van der Waals surface area contributed by atoms with Gasteiger partial charge in [-0.3, -0.25) is 4.79 Å². The van der Waals surface area contributed by atoms with Crippen molar-refractivity contribution in [1.82, 2.24) is 20.2 Å². The van der Waals surface area contributed by atoms with Gasteiger partial charge in [0.25, 0.3) is 0 Å². The molecule has 3 aromatic rings. The van der Waals surface area contributed by atoms with E-state index in [2.05, 4.69) is 20.8 Å². The van der Waals surface area contributed by atoms with E-state index in [0.717, 1.165) is 11.3 Å². The zero-order chi connectivity index (χ0) is 18.4. The average molecular weight is 353 g/mol. The van der Waals surface area contributed by atoms with Crippen molar-refractivity contribution in [2.45, 2.75) is 12.8 Å². The summed E-state index contributed by atoms with van der Waals surface area (Å²) in [6.07, 6.45) is 2.39. The van der Waals surface area contributed by atoms with Crippen LogP contribution >= 0.6 is 0 Å². The van der Waals surface area contributed by atoms with Crippen LogP contribution in [0.25, 0.3) is 5.69 Å². The molecule has 1 aromatic heterocycles. The van der Waals surface area contributed by atoms with Crippen molar-refractivity contribution in [3.05, 3.63) is 54.4 Å². The number of carbonyl (C=O) groups excluding carboxylic acids is 1. The minimum absolute atomic E-state index is 0.0938. The highest BCUT2D eigenvalue weighted by molar-refractivity contribution is 5.91. The molecular formula is C18H19N5O3. The van der Waals surface area contributed by atoms with Crippen LogP contribution < -0.4 is 14.8 Å². The van der Waals surface area contributed by atoms with Crippen molar-refractivity contribution < 1.29 is 14.3 Å². The Kier molecular flexibility index (Phi) is 5.43. The van der Waals surface area contributed by atoms with Gasteiger partial charge in [-0.15, -0.1) is 5.10 Å². The summed E-state index contributed by atoms with van der Waals surface area (Å²) >= 11 is 0. The van der Waals surface area contributed by atoms with Gasteiger partial charge in [0.2, 0.25) is 5.91 Å². The number of aromatic nitrogens is 4. The molecule has 0 saturated carbocycles. The third-order valence-electron chi connectivity index (χ3n) is 3.87. The van der Waals surface area contributed by atoms with Crippen LogP contribution in [0.4, 0.5) is 5.69 Å². The van der Waals surface area contributed by atoms with Crippen molar-refractivity contribution in [3.8, 4) is 17.2 Å². The number of anilines is 1. The molecule has 1 N–H and O–H groups in total. The molecule has 0 saturated heterocycles. The van der Waals surface area contributed by atoms with E-state index in [9.17, 15) is 4.79 Å². The Morgan fingerprint density at radius 2 is 1.92 bits per heavy atom. The number of hydrogen-bond donors (Lipinski definition) is 1. The number of aryl methyl sites for hydroxylation is 1. The zero-order valence-corrected chi connectivity index (χ0v) is 14.5. The Hall–Kier alpha value is -3.42. The number of tetrazole rings is 1. The molecule has 1 heterocycles. The van der Waals surface area contributed by atoms with Crippen LogP contribution in [0.3, 0.4) is 0 Å². The number of carbonyl (C=O) groups is 1. The Balaban J connectivity index is 1.69. The fourth-order valence-electron chi connectivity index (χ4n) is 2.60. The molecule has 0 aliphatic rings. The standard InChI is InChI=1S/C18H19N5O3/c1-25-16-6-4-3-5-13(16)7-10-18(24)20-14-8-9-17(26-2)15(11-14)23-12-19-21-22-23/h3-6,8-9,11-12H,7,10H2,1-2H3,(H,20,24). The molecule has 0 spiro atoms. The highest BCUT2D eigenvalue weighted by Crippen LogP contribution is 2.26. The van der Waals surface area contributed by atoms with Crippen molar-refractivity contribution in [2.24, 2.45) is 0 Å². The van der Waals surface area contributed by atoms with Crippen LogP contribution in [0.5, 0.6) is 11.5 Å². The van der Waals surface area contributed by atoms with Gasteiger partial charge in [0.1, 0.15) is 23.5 Å². The second kappa shape index (κ2) is 8.11. The third-order valence-corrected chi connectivity index (χ3v) is 3.87. The number of ether oxygens (including phenoxy) is 2. The maximum Gasteiger partial charge on any atom is 0.224 e. The van der Waals surface area contributed by atoms with E-state index < -0.39 is 0 Å². The third kappa shape index (κ3) is 3.97. The first kappa shape index (κ1) is 17.4. The van der Waals surface area contributed by atoms with Crippen LogP contribution in [0.15, 0.2) is 48.8 Å². The maximum absolute atomic E-state index is 12.3. The number of nitrogens with one attached hydrogen (secondary N) is 1. The predicted molar refractivity (Wildman–Crippen MR) is 95.7 cm³/mol. The van der Waals surface area contributed by atoms with E-state index in [0.29, 0.717) is 30.0 Å². The monoisotopic (exact) mass is 353 g/mol. The number of benzene rings is 2. The van der Waals surface area contributed by atoms with E-state index in [1.807, 2.05) is 24.3 Å². The molecule has 26 heavy (non-hydrogen) atoms. The first-order valence-electron chi connectivity index (χ1n) is 8.04.